The van der Waals surface area contributed by atoms with Gasteiger partial charge in [-0.05, 0) is 38.0 Å². The molecule has 7 heteroatoms. The van der Waals surface area contributed by atoms with Crippen molar-refractivity contribution in [2.45, 2.75) is 25.8 Å². The number of nitrogens with one attached hydrogen (secondary N) is 2. The average Bonchev–Trinajstić information content (AvgIpc) is 3.07. The molecule has 2 amide bonds. The summed E-state index contributed by atoms with van der Waals surface area (Å²) in [5.41, 5.74) is 1.37. The molecule has 7 nitrogen and oxygen atoms in total. The zero-order valence-electron chi connectivity index (χ0n) is 14.5. The lowest BCUT2D eigenvalue weighted by molar-refractivity contribution is 0.0857. The van der Waals surface area contributed by atoms with Gasteiger partial charge in [0, 0.05) is 30.0 Å². The summed E-state index contributed by atoms with van der Waals surface area (Å²) in [6.45, 7) is 3.34. The summed E-state index contributed by atoms with van der Waals surface area (Å²) in [4.78, 5) is 29.0. The molecule has 0 unspecified atom stereocenters. The molecular formula is C18H23N3O4. The van der Waals surface area contributed by atoms with E-state index in [1.54, 1.807) is 25.0 Å². The number of nitrogens with zero attached hydrogens (tertiary/aromatic N) is 1. The van der Waals surface area contributed by atoms with Crippen molar-refractivity contribution in [1.29, 1.82) is 0 Å². The number of rotatable bonds is 4. The number of carbonyl (C=O) groups excluding carboxylic acids is 2. The maximum absolute atomic E-state index is 12.5. The fourth-order valence-corrected chi connectivity index (χ4v) is 3.11. The van der Waals surface area contributed by atoms with Crippen molar-refractivity contribution in [2.75, 3.05) is 26.8 Å². The Morgan fingerprint density at radius 3 is 2.76 bits per heavy atom. The molecule has 1 fully saturated rings. The van der Waals surface area contributed by atoms with E-state index in [0.29, 0.717) is 38.2 Å². The Kier molecular flexibility index (Phi) is 5.11. The van der Waals surface area contributed by atoms with E-state index in [4.69, 9.17) is 9.47 Å². The van der Waals surface area contributed by atoms with Gasteiger partial charge in [-0.25, -0.2) is 4.79 Å². The first-order valence-corrected chi connectivity index (χ1v) is 8.50. The molecule has 2 N–H and O–H groups in total. The van der Waals surface area contributed by atoms with Gasteiger partial charge in [0.15, 0.2) is 0 Å². The van der Waals surface area contributed by atoms with E-state index in [-0.39, 0.29) is 18.0 Å². The van der Waals surface area contributed by atoms with E-state index >= 15 is 0 Å². The van der Waals surface area contributed by atoms with Crippen molar-refractivity contribution in [1.82, 2.24) is 15.2 Å². The largest absolute Gasteiger partial charge is 0.496 e. The molecule has 1 aliphatic rings. The molecule has 134 valence electrons. The second kappa shape index (κ2) is 7.46. The van der Waals surface area contributed by atoms with Crippen LogP contribution in [0.1, 0.15) is 30.3 Å². The number of aromatic nitrogens is 1. The topological polar surface area (TPSA) is 83.7 Å². The molecule has 1 aromatic heterocycles. The first kappa shape index (κ1) is 17.1. The molecule has 25 heavy (non-hydrogen) atoms. The molecule has 0 aliphatic carbocycles. The lowest BCUT2D eigenvalue weighted by Gasteiger charge is -2.31. The van der Waals surface area contributed by atoms with Gasteiger partial charge in [-0.3, -0.25) is 4.79 Å². The predicted molar refractivity (Wildman–Crippen MR) is 93.9 cm³/mol. The molecule has 3 rings (SSSR count). The maximum atomic E-state index is 12.5. The number of fused-ring (bicyclic) bond motifs is 1. The van der Waals surface area contributed by atoms with Crippen molar-refractivity contribution in [3.8, 4) is 5.75 Å². The highest BCUT2D eigenvalue weighted by atomic mass is 16.6. The third kappa shape index (κ3) is 3.70. The van der Waals surface area contributed by atoms with E-state index in [1.807, 2.05) is 18.2 Å². The molecule has 1 aliphatic heterocycles. The Balaban J connectivity index is 1.61. The van der Waals surface area contributed by atoms with E-state index in [2.05, 4.69) is 10.3 Å². The Bertz CT molecular complexity index is 763. The minimum Gasteiger partial charge on any atom is -0.496 e. The lowest BCUT2D eigenvalue weighted by atomic mass is 10.1. The van der Waals surface area contributed by atoms with E-state index in [1.165, 1.54) is 0 Å². The van der Waals surface area contributed by atoms with Gasteiger partial charge < -0.3 is 24.7 Å². The van der Waals surface area contributed by atoms with Crippen LogP contribution >= 0.6 is 0 Å². The first-order valence-electron chi connectivity index (χ1n) is 8.50. The Labute approximate surface area is 146 Å². The van der Waals surface area contributed by atoms with Crippen LogP contribution in [-0.4, -0.2) is 54.7 Å². The smallest absolute Gasteiger partial charge is 0.409 e. The number of hydrogen-bond acceptors (Lipinski definition) is 4. The van der Waals surface area contributed by atoms with Gasteiger partial charge in [0.2, 0.25) is 0 Å². The van der Waals surface area contributed by atoms with Crippen LogP contribution in [0.5, 0.6) is 5.75 Å². The number of benzene rings is 1. The SMILES string of the molecule is CCOC(=O)N1CCC(NC(=O)c2cc3c(OC)cccc3[nH]2)CC1. The molecule has 0 saturated carbocycles. The van der Waals surface area contributed by atoms with Crippen LogP contribution < -0.4 is 10.1 Å². The van der Waals surface area contributed by atoms with E-state index in [0.717, 1.165) is 16.7 Å². The maximum Gasteiger partial charge on any atom is 0.409 e. The molecule has 1 saturated heterocycles. The summed E-state index contributed by atoms with van der Waals surface area (Å²) >= 11 is 0. The lowest BCUT2D eigenvalue weighted by Crippen LogP contribution is -2.46. The van der Waals surface area contributed by atoms with Crippen LogP contribution in [-0.2, 0) is 4.74 Å². The summed E-state index contributed by atoms with van der Waals surface area (Å²) in [5.74, 6) is 0.586. The number of H-pyrrole nitrogens is 1. The van der Waals surface area contributed by atoms with Crippen LogP contribution in [0.25, 0.3) is 10.9 Å². The van der Waals surface area contributed by atoms with Crippen LogP contribution in [0.4, 0.5) is 4.79 Å². The van der Waals surface area contributed by atoms with Gasteiger partial charge in [-0.2, -0.15) is 0 Å². The molecule has 0 atom stereocenters. The monoisotopic (exact) mass is 345 g/mol. The average molecular weight is 345 g/mol. The van der Waals surface area contributed by atoms with Gasteiger partial charge in [0.05, 0.1) is 13.7 Å². The van der Waals surface area contributed by atoms with Crippen LogP contribution in [0.3, 0.4) is 0 Å². The van der Waals surface area contributed by atoms with Crippen molar-refractivity contribution in [2.24, 2.45) is 0 Å². The molecule has 0 radical (unpaired) electrons. The van der Waals surface area contributed by atoms with Crippen molar-refractivity contribution >= 4 is 22.9 Å². The molecule has 2 heterocycles. The highest BCUT2D eigenvalue weighted by Crippen LogP contribution is 2.26. The van der Waals surface area contributed by atoms with Crippen molar-refractivity contribution < 1.29 is 19.1 Å². The Hall–Kier alpha value is -2.70. The van der Waals surface area contributed by atoms with Crippen LogP contribution in [0.2, 0.25) is 0 Å². The molecule has 2 aromatic rings. The third-order valence-electron chi connectivity index (χ3n) is 4.44. The van der Waals surface area contributed by atoms with Crippen molar-refractivity contribution in [3.05, 3.63) is 30.0 Å². The van der Waals surface area contributed by atoms with Crippen molar-refractivity contribution in [3.63, 3.8) is 0 Å². The van der Waals surface area contributed by atoms with Gasteiger partial charge in [0.1, 0.15) is 11.4 Å². The van der Waals surface area contributed by atoms with E-state index in [9.17, 15) is 9.59 Å². The Morgan fingerprint density at radius 1 is 1.32 bits per heavy atom. The molecule has 1 aromatic carbocycles. The number of piperidine rings is 1. The summed E-state index contributed by atoms with van der Waals surface area (Å²) in [6.07, 6.45) is 1.15. The second-order valence-corrected chi connectivity index (χ2v) is 6.04. The number of amides is 2. The predicted octanol–water partition coefficient (Wildman–Crippen LogP) is 2.53. The van der Waals surface area contributed by atoms with Gasteiger partial charge in [0.25, 0.3) is 5.91 Å². The highest BCUT2D eigenvalue weighted by Gasteiger charge is 2.25. The van der Waals surface area contributed by atoms with Gasteiger partial charge in [-0.15, -0.1) is 0 Å². The number of carbonyl (C=O) groups is 2. The number of hydrogen-bond donors (Lipinski definition) is 2. The number of ether oxygens (including phenoxy) is 2. The second-order valence-electron chi connectivity index (χ2n) is 6.04. The number of aromatic amines is 1. The van der Waals surface area contributed by atoms with E-state index < -0.39 is 0 Å². The summed E-state index contributed by atoms with van der Waals surface area (Å²) in [6, 6.07) is 7.50. The highest BCUT2D eigenvalue weighted by molar-refractivity contribution is 5.99. The van der Waals surface area contributed by atoms with Gasteiger partial charge >= 0.3 is 6.09 Å². The quantitative estimate of drug-likeness (QED) is 0.892. The fourth-order valence-electron chi connectivity index (χ4n) is 3.11. The summed E-state index contributed by atoms with van der Waals surface area (Å²) < 4.78 is 10.3. The third-order valence-corrected chi connectivity index (χ3v) is 4.44. The zero-order valence-corrected chi connectivity index (χ0v) is 14.5. The zero-order chi connectivity index (χ0) is 17.8. The summed E-state index contributed by atoms with van der Waals surface area (Å²) in [7, 11) is 1.61. The number of likely N-dealkylation sites (tertiary alicyclic amines) is 1. The minimum absolute atomic E-state index is 0.0477. The molecular weight excluding hydrogens is 322 g/mol. The molecule has 0 spiro atoms. The van der Waals surface area contributed by atoms with Gasteiger partial charge in [-0.1, -0.05) is 6.07 Å². The minimum atomic E-state index is -0.282. The Morgan fingerprint density at radius 2 is 2.08 bits per heavy atom. The fraction of sp³-hybridized carbons (Fsp3) is 0.444. The first-order chi connectivity index (χ1) is 12.1. The molecule has 0 bridgehead atoms. The van der Waals surface area contributed by atoms with Crippen LogP contribution in [0, 0.1) is 0 Å². The normalized spacial score (nSPS) is 15.2. The number of methoxy groups -OCH3 is 1. The summed E-state index contributed by atoms with van der Waals surface area (Å²) in [5, 5.41) is 3.92. The standard InChI is InChI=1S/C18H23N3O4/c1-3-25-18(23)21-9-7-12(8-10-21)19-17(22)15-11-13-14(20-15)5-4-6-16(13)24-2/h4-6,11-12,20H,3,7-10H2,1-2H3,(H,19,22). The van der Waals surface area contributed by atoms with Crippen LogP contribution in [0.15, 0.2) is 24.3 Å².